The van der Waals surface area contributed by atoms with Crippen molar-refractivity contribution in [3.63, 3.8) is 0 Å². The molecular weight excluding hydrogens is 414 g/mol. The summed E-state index contributed by atoms with van der Waals surface area (Å²) in [6.45, 7) is 3.96. The first-order valence-corrected chi connectivity index (χ1v) is 10.4. The van der Waals surface area contributed by atoms with Gasteiger partial charge in [-0.15, -0.1) is 0 Å². The second-order valence-corrected chi connectivity index (χ2v) is 7.81. The number of fused-ring (bicyclic) bond motifs is 2. The number of anilines is 2. The zero-order valence-electron chi connectivity index (χ0n) is 18.1. The molecule has 0 fully saturated rings. The number of amides is 1. The third-order valence-corrected chi connectivity index (χ3v) is 5.21. The number of nitrogens with zero attached hydrogens (tertiary/aromatic N) is 5. The van der Waals surface area contributed by atoms with E-state index in [9.17, 15) is 4.79 Å². The molecule has 0 radical (unpaired) electrons. The smallest absolute Gasteiger partial charge is 0.261 e. The van der Waals surface area contributed by atoms with E-state index in [2.05, 4.69) is 15.4 Å². The Morgan fingerprint density at radius 3 is 2.36 bits per heavy atom. The monoisotopic (exact) mass is 435 g/mol. The molecule has 1 amide bonds. The summed E-state index contributed by atoms with van der Waals surface area (Å²) >= 11 is 0. The van der Waals surface area contributed by atoms with E-state index in [-0.39, 0.29) is 17.3 Å². The molecule has 3 heterocycles. The Morgan fingerprint density at radius 2 is 1.67 bits per heavy atom. The van der Waals surface area contributed by atoms with Crippen LogP contribution in [0.25, 0.3) is 22.2 Å². The fourth-order valence-corrected chi connectivity index (χ4v) is 3.80. The van der Waals surface area contributed by atoms with E-state index < -0.39 is 0 Å². The third-order valence-electron chi connectivity index (χ3n) is 5.21. The molecule has 3 aromatic heterocycles. The van der Waals surface area contributed by atoms with Gasteiger partial charge >= 0.3 is 0 Å². The molecule has 0 unspecified atom stereocenters. The molecule has 0 aliphatic heterocycles. The summed E-state index contributed by atoms with van der Waals surface area (Å²) in [6.07, 6.45) is 4.99. The van der Waals surface area contributed by atoms with Crippen LogP contribution < -0.4 is 11.1 Å². The zero-order valence-corrected chi connectivity index (χ0v) is 18.1. The lowest BCUT2D eigenvalue weighted by molar-refractivity contribution is 0.102. The van der Waals surface area contributed by atoms with Gasteiger partial charge in [-0.05, 0) is 66.9 Å². The molecule has 2 aromatic carbocycles. The molecule has 3 N–H and O–H groups in total. The van der Waals surface area contributed by atoms with Crippen LogP contribution in [0.15, 0.2) is 72.1 Å². The number of hydrogen-bond acceptors (Lipinski definition) is 6. The number of benzene rings is 2. The second kappa shape index (κ2) is 8.16. The maximum atomic E-state index is 13.4. The average Bonchev–Trinajstić information content (AvgIpc) is 3.06. The van der Waals surface area contributed by atoms with Gasteiger partial charge in [0.05, 0.1) is 17.2 Å². The molecule has 0 spiro atoms. The molecule has 8 heteroatoms. The number of pyridine rings is 1. The molecule has 33 heavy (non-hydrogen) atoms. The molecule has 0 aliphatic rings. The van der Waals surface area contributed by atoms with Gasteiger partial charge in [-0.1, -0.05) is 18.2 Å². The van der Waals surface area contributed by atoms with Crippen LogP contribution in [0.4, 0.5) is 11.5 Å². The number of carbonyl (C=O) groups excluding carboxylic acids is 1. The number of nitrogens with two attached hydrogens (primary N) is 1. The molecule has 0 saturated heterocycles. The van der Waals surface area contributed by atoms with Crippen LogP contribution in [0.2, 0.25) is 0 Å². The van der Waals surface area contributed by atoms with Crippen molar-refractivity contribution in [2.45, 2.75) is 13.8 Å². The van der Waals surface area contributed by atoms with Crippen LogP contribution in [0, 0.1) is 13.8 Å². The van der Waals surface area contributed by atoms with Gasteiger partial charge in [0.1, 0.15) is 16.9 Å². The third kappa shape index (κ3) is 3.89. The van der Waals surface area contributed by atoms with E-state index in [0.717, 1.165) is 16.7 Å². The lowest BCUT2D eigenvalue weighted by atomic mass is 10.1. The summed E-state index contributed by atoms with van der Waals surface area (Å²) in [7, 11) is 0. The maximum absolute atomic E-state index is 13.4. The van der Waals surface area contributed by atoms with Gasteiger partial charge in [-0.25, -0.2) is 9.97 Å². The maximum Gasteiger partial charge on any atom is 0.261 e. The van der Waals surface area contributed by atoms with E-state index in [1.807, 2.05) is 68.4 Å². The van der Waals surface area contributed by atoms with E-state index in [0.29, 0.717) is 27.9 Å². The van der Waals surface area contributed by atoms with E-state index >= 15 is 0 Å². The van der Waals surface area contributed by atoms with Crippen LogP contribution in [0.5, 0.6) is 0 Å². The Morgan fingerprint density at radius 1 is 1.00 bits per heavy atom. The van der Waals surface area contributed by atoms with Gasteiger partial charge in [0.15, 0.2) is 5.65 Å². The Hall–Kier alpha value is -4.59. The SMILES string of the molecule is Cc1cc(C)cc(NC(=O)c2c(N)n(/N=C\c3ccncc3)c3nc4ccccc4nc23)c1. The van der Waals surface area contributed by atoms with Crippen molar-refractivity contribution in [2.24, 2.45) is 5.10 Å². The highest BCUT2D eigenvalue weighted by molar-refractivity contribution is 6.16. The van der Waals surface area contributed by atoms with Crippen molar-refractivity contribution < 1.29 is 4.79 Å². The first-order valence-electron chi connectivity index (χ1n) is 10.4. The normalized spacial score (nSPS) is 11.5. The highest BCUT2D eigenvalue weighted by atomic mass is 16.1. The minimum absolute atomic E-state index is 0.160. The van der Waals surface area contributed by atoms with Gasteiger partial charge in [0.2, 0.25) is 0 Å². The van der Waals surface area contributed by atoms with Crippen molar-refractivity contribution in [3.05, 3.63) is 89.2 Å². The Bertz CT molecular complexity index is 1520. The average molecular weight is 435 g/mol. The fraction of sp³-hybridized carbons (Fsp3) is 0.0800. The number of rotatable bonds is 4. The second-order valence-electron chi connectivity index (χ2n) is 7.81. The summed E-state index contributed by atoms with van der Waals surface area (Å²) in [4.78, 5) is 26.8. The molecule has 0 atom stereocenters. The van der Waals surface area contributed by atoms with Gasteiger partial charge < -0.3 is 11.1 Å². The number of nitrogen functional groups attached to an aromatic ring is 1. The highest BCUT2D eigenvalue weighted by Gasteiger charge is 2.24. The lowest BCUT2D eigenvalue weighted by Crippen LogP contribution is -2.14. The molecule has 162 valence electrons. The van der Waals surface area contributed by atoms with Crippen LogP contribution in [0.3, 0.4) is 0 Å². The van der Waals surface area contributed by atoms with Crippen LogP contribution in [0.1, 0.15) is 27.0 Å². The van der Waals surface area contributed by atoms with Gasteiger partial charge in [0.25, 0.3) is 5.91 Å². The summed E-state index contributed by atoms with van der Waals surface area (Å²) in [6, 6.07) is 17.0. The summed E-state index contributed by atoms with van der Waals surface area (Å²) in [5.74, 6) is -0.211. The predicted molar refractivity (Wildman–Crippen MR) is 131 cm³/mol. The first kappa shape index (κ1) is 20.3. The fourth-order valence-electron chi connectivity index (χ4n) is 3.80. The van der Waals surface area contributed by atoms with E-state index in [4.69, 9.17) is 15.7 Å². The number of nitrogens with one attached hydrogen (secondary N) is 1. The number of aromatic nitrogens is 4. The Kier molecular flexibility index (Phi) is 5.02. The van der Waals surface area contributed by atoms with Gasteiger partial charge in [-0.3, -0.25) is 9.78 Å². The molecule has 0 bridgehead atoms. The van der Waals surface area contributed by atoms with Crippen molar-refractivity contribution >= 4 is 45.8 Å². The minimum atomic E-state index is -0.370. The largest absolute Gasteiger partial charge is 0.383 e. The van der Waals surface area contributed by atoms with Gasteiger partial charge in [-0.2, -0.15) is 9.78 Å². The number of carbonyl (C=O) groups is 1. The van der Waals surface area contributed by atoms with Crippen LogP contribution in [-0.2, 0) is 0 Å². The van der Waals surface area contributed by atoms with Crippen molar-refractivity contribution in [3.8, 4) is 0 Å². The van der Waals surface area contributed by atoms with Crippen LogP contribution >= 0.6 is 0 Å². The zero-order chi connectivity index (χ0) is 22.9. The van der Waals surface area contributed by atoms with Crippen molar-refractivity contribution in [2.75, 3.05) is 11.1 Å². The minimum Gasteiger partial charge on any atom is -0.383 e. The van der Waals surface area contributed by atoms with Crippen LogP contribution in [-0.4, -0.2) is 31.7 Å². The summed E-state index contributed by atoms with van der Waals surface area (Å²) in [5, 5.41) is 7.45. The molecule has 0 saturated carbocycles. The predicted octanol–water partition coefficient (Wildman–Crippen LogP) is 4.31. The first-order chi connectivity index (χ1) is 16.0. The summed E-state index contributed by atoms with van der Waals surface area (Å²) < 4.78 is 1.45. The molecular formula is C25H21N7O. The van der Waals surface area contributed by atoms with Crippen molar-refractivity contribution in [1.29, 1.82) is 0 Å². The van der Waals surface area contributed by atoms with E-state index in [1.165, 1.54) is 4.68 Å². The quantitative estimate of drug-likeness (QED) is 0.409. The topological polar surface area (TPSA) is 111 Å². The van der Waals surface area contributed by atoms with Crippen molar-refractivity contribution in [1.82, 2.24) is 19.6 Å². The molecule has 0 aliphatic carbocycles. The van der Waals surface area contributed by atoms with E-state index in [1.54, 1.807) is 18.6 Å². The molecule has 5 rings (SSSR count). The lowest BCUT2D eigenvalue weighted by Gasteiger charge is -2.08. The van der Waals surface area contributed by atoms with Gasteiger partial charge in [0, 0.05) is 18.1 Å². The molecule has 5 aromatic rings. The number of aryl methyl sites for hydroxylation is 2. The molecule has 8 nitrogen and oxygen atoms in total. The number of hydrogen-bond donors (Lipinski definition) is 2. The summed E-state index contributed by atoms with van der Waals surface area (Å²) in [5.41, 5.74) is 12.4. The highest BCUT2D eigenvalue weighted by Crippen LogP contribution is 2.29. The standard InChI is InChI=1S/C25H21N7O/c1-15-11-16(2)13-18(12-15)29-25(33)21-22-24(31-20-6-4-3-5-19(20)30-22)32(23(21)26)28-14-17-7-9-27-10-8-17/h3-14H,26H2,1-2H3,(H,29,33)/b28-14-. The Balaban J connectivity index is 1.67. The number of para-hydroxylation sites is 2. The Labute approximate surface area is 189 Å².